The number of rotatable bonds is 7. The fraction of sp³-hybridized carbons (Fsp3) is 0.263. The predicted molar refractivity (Wildman–Crippen MR) is 111 cm³/mol. The number of hydrogen-bond acceptors (Lipinski definition) is 5. The fourth-order valence-electron chi connectivity index (χ4n) is 2.54. The maximum Gasteiger partial charge on any atom is 0.286 e. The molecule has 2 aromatic carbocycles. The molecule has 0 saturated heterocycles. The van der Waals surface area contributed by atoms with Crippen LogP contribution in [0.15, 0.2) is 41.4 Å². The van der Waals surface area contributed by atoms with Gasteiger partial charge in [-0.2, -0.15) is 4.99 Å². The van der Waals surface area contributed by atoms with Gasteiger partial charge >= 0.3 is 0 Å². The molecular weight excluding hydrogens is 423 g/mol. The number of carbonyl (C=O) groups is 1. The lowest BCUT2D eigenvalue weighted by atomic mass is 10.3. The molecule has 1 amide bonds. The van der Waals surface area contributed by atoms with Crippen molar-refractivity contribution in [2.24, 2.45) is 4.99 Å². The minimum atomic E-state index is -0.421. The number of carbonyl (C=O) groups excluding carboxylic acids is 1. The summed E-state index contributed by atoms with van der Waals surface area (Å²) >= 11 is 13.3. The van der Waals surface area contributed by atoms with Gasteiger partial charge in [0.15, 0.2) is 11.4 Å². The molecular formula is C19H18Cl2N2O4S. The van der Waals surface area contributed by atoms with E-state index in [1.165, 1.54) is 11.3 Å². The van der Waals surface area contributed by atoms with Crippen molar-refractivity contribution in [3.8, 4) is 11.5 Å². The largest absolute Gasteiger partial charge is 0.497 e. The van der Waals surface area contributed by atoms with E-state index in [4.69, 9.17) is 37.4 Å². The summed E-state index contributed by atoms with van der Waals surface area (Å²) < 4.78 is 18.8. The Kier molecular flexibility index (Phi) is 6.96. The quantitative estimate of drug-likeness (QED) is 0.552. The van der Waals surface area contributed by atoms with E-state index < -0.39 is 5.91 Å². The Bertz CT molecular complexity index is 1060. The SMILES string of the molecule is COCCn1c(=NC(=O)COc2ccc(Cl)cc2Cl)sc2cc(OC)ccc21. The first kappa shape index (κ1) is 20.7. The number of fused-ring (bicyclic) bond motifs is 1. The number of methoxy groups -OCH3 is 2. The smallest absolute Gasteiger partial charge is 0.286 e. The zero-order chi connectivity index (χ0) is 20.1. The molecule has 0 aliphatic carbocycles. The van der Waals surface area contributed by atoms with E-state index in [2.05, 4.69) is 4.99 Å². The van der Waals surface area contributed by atoms with Crippen LogP contribution in [0.3, 0.4) is 0 Å². The van der Waals surface area contributed by atoms with Crippen LogP contribution in [0.1, 0.15) is 0 Å². The molecule has 1 heterocycles. The molecule has 0 unspecified atom stereocenters. The summed E-state index contributed by atoms with van der Waals surface area (Å²) in [5.41, 5.74) is 0.955. The van der Waals surface area contributed by atoms with E-state index in [0.717, 1.165) is 16.0 Å². The lowest BCUT2D eigenvalue weighted by molar-refractivity contribution is -0.120. The van der Waals surface area contributed by atoms with Crippen LogP contribution < -0.4 is 14.3 Å². The molecule has 0 saturated carbocycles. The van der Waals surface area contributed by atoms with Gasteiger partial charge in [0.25, 0.3) is 5.91 Å². The van der Waals surface area contributed by atoms with Gasteiger partial charge in [0, 0.05) is 18.7 Å². The first-order chi connectivity index (χ1) is 13.5. The topological polar surface area (TPSA) is 62.1 Å². The number of amides is 1. The van der Waals surface area contributed by atoms with Gasteiger partial charge in [0.1, 0.15) is 11.5 Å². The second kappa shape index (κ2) is 9.43. The van der Waals surface area contributed by atoms with Gasteiger partial charge in [0.05, 0.1) is 29.0 Å². The van der Waals surface area contributed by atoms with Crippen LogP contribution in [0.4, 0.5) is 0 Å². The van der Waals surface area contributed by atoms with Gasteiger partial charge in [-0.25, -0.2) is 0 Å². The summed E-state index contributed by atoms with van der Waals surface area (Å²) in [6.45, 7) is 0.831. The van der Waals surface area contributed by atoms with Crippen molar-refractivity contribution in [2.45, 2.75) is 6.54 Å². The molecule has 3 aromatic rings. The highest BCUT2D eigenvalue weighted by Crippen LogP contribution is 2.27. The van der Waals surface area contributed by atoms with Crippen molar-refractivity contribution in [3.05, 3.63) is 51.2 Å². The zero-order valence-corrected chi connectivity index (χ0v) is 17.6. The van der Waals surface area contributed by atoms with Crippen LogP contribution in [0.2, 0.25) is 10.0 Å². The predicted octanol–water partition coefficient (Wildman–Crippen LogP) is 4.17. The van der Waals surface area contributed by atoms with Gasteiger partial charge in [0.2, 0.25) is 0 Å². The van der Waals surface area contributed by atoms with Crippen LogP contribution in [0.5, 0.6) is 11.5 Å². The summed E-state index contributed by atoms with van der Waals surface area (Å²) in [6.07, 6.45) is 0. The van der Waals surface area contributed by atoms with Gasteiger partial charge in [-0.1, -0.05) is 34.5 Å². The van der Waals surface area contributed by atoms with Gasteiger partial charge in [-0.05, 0) is 36.4 Å². The maximum atomic E-state index is 12.4. The summed E-state index contributed by atoms with van der Waals surface area (Å²) in [5.74, 6) is 0.699. The second-order valence-corrected chi connectivity index (χ2v) is 7.58. The van der Waals surface area contributed by atoms with Gasteiger partial charge < -0.3 is 18.8 Å². The third-order valence-corrected chi connectivity index (χ3v) is 5.45. The molecule has 1 aromatic heterocycles. The van der Waals surface area contributed by atoms with Crippen molar-refractivity contribution in [1.82, 2.24) is 4.57 Å². The third kappa shape index (κ3) is 4.86. The van der Waals surface area contributed by atoms with Crippen molar-refractivity contribution >= 4 is 50.7 Å². The average molecular weight is 441 g/mol. The molecule has 9 heteroatoms. The lowest BCUT2D eigenvalue weighted by Crippen LogP contribution is -2.21. The van der Waals surface area contributed by atoms with E-state index in [1.807, 2.05) is 22.8 Å². The van der Waals surface area contributed by atoms with E-state index in [-0.39, 0.29) is 6.61 Å². The average Bonchev–Trinajstić information content (AvgIpc) is 3.01. The standard InChI is InChI=1S/C19H18Cl2N2O4S/c1-25-8-7-23-15-5-4-13(26-2)10-17(15)28-19(23)22-18(24)11-27-16-6-3-12(20)9-14(16)21/h3-6,9-10H,7-8,11H2,1-2H3. The molecule has 28 heavy (non-hydrogen) atoms. The number of thiazole rings is 1. The fourth-order valence-corrected chi connectivity index (χ4v) is 4.10. The highest BCUT2D eigenvalue weighted by atomic mass is 35.5. The van der Waals surface area contributed by atoms with Crippen molar-refractivity contribution in [3.63, 3.8) is 0 Å². The van der Waals surface area contributed by atoms with Crippen LogP contribution in [0, 0.1) is 0 Å². The zero-order valence-electron chi connectivity index (χ0n) is 15.3. The Balaban J connectivity index is 1.87. The highest BCUT2D eigenvalue weighted by Gasteiger charge is 2.10. The van der Waals surface area contributed by atoms with Crippen molar-refractivity contribution in [2.75, 3.05) is 27.4 Å². The summed E-state index contributed by atoms with van der Waals surface area (Å²) in [6, 6.07) is 10.5. The van der Waals surface area contributed by atoms with Crippen LogP contribution in [-0.4, -0.2) is 37.9 Å². The molecule has 0 radical (unpaired) electrons. The monoisotopic (exact) mass is 440 g/mol. The van der Waals surface area contributed by atoms with Crippen molar-refractivity contribution in [1.29, 1.82) is 0 Å². The Morgan fingerprint density at radius 3 is 2.71 bits per heavy atom. The summed E-state index contributed by atoms with van der Waals surface area (Å²) in [5, 5.41) is 0.831. The Morgan fingerprint density at radius 1 is 1.18 bits per heavy atom. The molecule has 6 nitrogen and oxygen atoms in total. The minimum Gasteiger partial charge on any atom is -0.497 e. The van der Waals surface area contributed by atoms with Crippen LogP contribution in [-0.2, 0) is 16.1 Å². The summed E-state index contributed by atoms with van der Waals surface area (Å²) in [4.78, 5) is 17.2. The number of aromatic nitrogens is 1. The van der Waals surface area contributed by atoms with E-state index in [0.29, 0.717) is 33.7 Å². The summed E-state index contributed by atoms with van der Waals surface area (Å²) in [7, 11) is 3.24. The molecule has 3 rings (SSSR count). The molecule has 0 spiro atoms. The Labute approximate surface area is 175 Å². The first-order valence-electron chi connectivity index (χ1n) is 8.33. The van der Waals surface area contributed by atoms with Gasteiger partial charge in [-0.3, -0.25) is 4.79 Å². The molecule has 0 aliphatic rings. The minimum absolute atomic E-state index is 0.233. The Hall–Kier alpha value is -2.06. The number of hydrogen-bond donors (Lipinski definition) is 0. The van der Waals surface area contributed by atoms with Crippen molar-refractivity contribution < 1.29 is 19.0 Å². The third-order valence-electron chi connectivity index (χ3n) is 3.87. The number of benzene rings is 2. The molecule has 0 aliphatic heterocycles. The Morgan fingerprint density at radius 2 is 2.00 bits per heavy atom. The van der Waals surface area contributed by atoms with Crippen LogP contribution in [0.25, 0.3) is 10.2 Å². The normalized spacial score (nSPS) is 11.8. The maximum absolute atomic E-state index is 12.4. The van der Waals surface area contributed by atoms with E-state index in [9.17, 15) is 4.79 Å². The van der Waals surface area contributed by atoms with Gasteiger partial charge in [-0.15, -0.1) is 0 Å². The molecule has 148 valence electrons. The number of halogens is 2. The molecule has 0 fully saturated rings. The highest BCUT2D eigenvalue weighted by molar-refractivity contribution is 7.16. The molecule has 0 N–H and O–H groups in total. The van der Waals surface area contributed by atoms with E-state index in [1.54, 1.807) is 32.4 Å². The van der Waals surface area contributed by atoms with E-state index >= 15 is 0 Å². The molecule has 0 bridgehead atoms. The number of nitrogens with zero attached hydrogens (tertiary/aromatic N) is 2. The van der Waals surface area contributed by atoms with Crippen LogP contribution >= 0.6 is 34.5 Å². The first-order valence-corrected chi connectivity index (χ1v) is 9.91. The lowest BCUT2D eigenvalue weighted by Gasteiger charge is -2.06. The second-order valence-electron chi connectivity index (χ2n) is 5.73. The molecule has 0 atom stereocenters. The number of ether oxygens (including phenoxy) is 3.